The van der Waals surface area contributed by atoms with E-state index in [1.54, 1.807) is 12.1 Å². The van der Waals surface area contributed by atoms with Gasteiger partial charge in [-0.25, -0.2) is 13.1 Å². The number of nitrogens with two attached hydrogens (primary N) is 1. The van der Waals surface area contributed by atoms with E-state index >= 15 is 0 Å². The number of carbonyl (C=O) groups is 1. The first-order valence-corrected chi connectivity index (χ1v) is 9.42. The topological polar surface area (TPSA) is 105 Å². The van der Waals surface area contributed by atoms with E-state index in [-0.39, 0.29) is 6.54 Å². The largest absolute Gasteiger partial charge is 0.366 e. The van der Waals surface area contributed by atoms with Crippen LogP contribution in [-0.2, 0) is 16.6 Å². The highest BCUT2D eigenvalue weighted by atomic mass is 79.9. The lowest BCUT2D eigenvalue weighted by atomic mass is 10.1. The molecule has 4 N–H and O–H groups in total. The maximum atomic E-state index is 11.6. The molecule has 8 heteroatoms. The number of rotatable bonds is 4. The normalized spacial score (nSPS) is 12.1. The standard InChI is InChI=1S/C15H14BrN3O3S/c1-23(21,22)18-7-8-2-3-9-12(6-8)19-14-10(15(17)20)4-5-11(16)13(9)14/h2-6,18-19H,7H2,1H3,(H2,17,20). The van der Waals surface area contributed by atoms with Crippen LogP contribution in [0.5, 0.6) is 0 Å². The van der Waals surface area contributed by atoms with Gasteiger partial charge in [-0.2, -0.15) is 0 Å². The summed E-state index contributed by atoms with van der Waals surface area (Å²) in [5.41, 5.74) is 8.12. The van der Waals surface area contributed by atoms with Crippen LogP contribution in [0.4, 0.5) is 0 Å². The van der Waals surface area contributed by atoms with Gasteiger partial charge in [-0.15, -0.1) is 0 Å². The average Bonchev–Trinajstić information content (AvgIpc) is 2.83. The molecule has 6 nitrogen and oxygen atoms in total. The van der Waals surface area contributed by atoms with Crippen molar-refractivity contribution in [3.05, 3.63) is 45.9 Å². The molecule has 3 aromatic rings. The Labute approximate surface area is 141 Å². The van der Waals surface area contributed by atoms with Crippen molar-refractivity contribution in [3.63, 3.8) is 0 Å². The van der Waals surface area contributed by atoms with Crippen molar-refractivity contribution in [2.24, 2.45) is 5.73 Å². The average molecular weight is 396 g/mol. The predicted octanol–water partition coefficient (Wildman–Crippen LogP) is 2.23. The van der Waals surface area contributed by atoms with Crippen LogP contribution in [-0.4, -0.2) is 25.6 Å². The van der Waals surface area contributed by atoms with Gasteiger partial charge in [-0.3, -0.25) is 4.79 Å². The summed E-state index contributed by atoms with van der Waals surface area (Å²) in [5.74, 6) is -0.506. The first-order chi connectivity index (χ1) is 10.8. The molecular weight excluding hydrogens is 382 g/mol. The summed E-state index contributed by atoms with van der Waals surface area (Å²) in [4.78, 5) is 14.8. The molecule has 0 aliphatic heterocycles. The van der Waals surface area contributed by atoms with E-state index in [4.69, 9.17) is 5.73 Å². The van der Waals surface area contributed by atoms with Crippen LogP contribution in [0.15, 0.2) is 34.8 Å². The number of nitrogens with one attached hydrogen (secondary N) is 2. The minimum atomic E-state index is -3.25. The van der Waals surface area contributed by atoms with Crippen LogP contribution in [0.25, 0.3) is 21.8 Å². The zero-order chi connectivity index (χ0) is 16.8. The van der Waals surface area contributed by atoms with Crippen molar-refractivity contribution in [2.45, 2.75) is 6.54 Å². The molecule has 0 unspecified atom stereocenters. The third-order valence-corrected chi connectivity index (χ3v) is 4.90. The summed E-state index contributed by atoms with van der Waals surface area (Å²) < 4.78 is 25.7. The number of amides is 1. The van der Waals surface area contributed by atoms with E-state index < -0.39 is 15.9 Å². The third kappa shape index (κ3) is 3.10. The van der Waals surface area contributed by atoms with Crippen molar-refractivity contribution in [2.75, 3.05) is 6.26 Å². The lowest BCUT2D eigenvalue weighted by Gasteiger charge is -2.03. The second-order valence-electron chi connectivity index (χ2n) is 5.31. The number of aromatic amines is 1. The number of hydrogen-bond donors (Lipinski definition) is 3. The van der Waals surface area contributed by atoms with Crippen LogP contribution < -0.4 is 10.5 Å². The number of carbonyl (C=O) groups excluding carboxylic acids is 1. The van der Waals surface area contributed by atoms with Crippen molar-refractivity contribution in [1.29, 1.82) is 0 Å². The molecule has 23 heavy (non-hydrogen) atoms. The van der Waals surface area contributed by atoms with E-state index in [2.05, 4.69) is 25.6 Å². The summed E-state index contributed by atoms with van der Waals surface area (Å²) in [5, 5.41) is 1.80. The zero-order valence-electron chi connectivity index (χ0n) is 12.2. The Morgan fingerprint density at radius 2 is 2.04 bits per heavy atom. The number of fused-ring (bicyclic) bond motifs is 3. The maximum Gasteiger partial charge on any atom is 0.250 e. The van der Waals surface area contributed by atoms with E-state index in [9.17, 15) is 13.2 Å². The Balaban J connectivity index is 2.17. The summed E-state index contributed by atoms with van der Waals surface area (Å²) in [6, 6.07) is 9.04. The first kappa shape index (κ1) is 16.0. The molecule has 2 aromatic carbocycles. The zero-order valence-corrected chi connectivity index (χ0v) is 14.6. The molecule has 0 saturated heterocycles. The Bertz CT molecular complexity index is 1040. The van der Waals surface area contributed by atoms with Gasteiger partial charge >= 0.3 is 0 Å². The van der Waals surface area contributed by atoms with Gasteiger partial charge in [0, 0.05) is 27.3 Å². The smallest absolute Gasteiger partial charge is 0.250 e. The first-order valence-electron chi connectivity index (χ1n) is 6.73. The Morgan fingerprint density at radius 1 is 1.30 bits per heavy atom. The van der Waals surface area contributed by atoms with Crippen molar-refractivity contribution in [3.8, 4) is 0 Å². The molecule has 1 heterocycles. The molecule has 0 aliphatic carbocycles. The predicted molar refractivity (Wildman–Crippen MR) is 93.7 cm³/mol. The fraction of sp³-hybridized carbons (Fsp3) is 0.133. The number of H-pyrrole nitrogens is 1. The third-order valence-electron chi connectivity index (χ3n) is 3.57. The number of sulfonamides is 1. The second kappa shape index (κ2) is 5.63. The summed E-state index contributed by atoms with van der Waals surface area (Å²) in [6.07, 6.45) is 1.12. The van der Waals surface area contributed by atoms with Crippen LogP contribution in [0, 0.1) is 0 Å². The molecule has 0 saturated carbocycles. The van der Waals surface area contributed by atoms with Crippen LogP contribution in [0.3, 0.4) is 0 Å². The monoisotopic (exact) mass is 395 g/mol. The van der Waals surface area contributed by atoms with Gasteiger partial charge in [0.15, 0.2) is 0 Å². The molecule has 1 amide bonds. The fourth-order valence-electron chi connectivity index (χ4n) is 2.55. The molecular formula is C15H14BrN3O3S. The SMILES string of the molecule is CS(=O)(=O)NCc1ccc2c(c1)[nH]c1c(C(N)=O)ccc(Br)c12. The highest BCUT2D eigenvalue weighted by Crippen LogP contribution is 2.34. The summed E-state index contributed by atoms with van der Waals surface area (Å²) >= 11 is 3.49. The van der Waals surface area contributed by atoms with Gasteiger partial charge in [0.25, 0.3) is 5.91 Å². The summed E-state index contributed by atoms with van der Waals surface area (Å²) in [7, 11) is -3.25. The van der Waals surface area contributed by atoms with Crippen LogP contribution >= 0.6 is 15.9 Å². The van der Waals surface area contributed by atoms with Gasteiger partial charge in [0.2, 0.25) is 10.0 Å². The molecule has 0 bridgehead atoms. The van der Waals surface area contributed by atoms with E-state index in [1.807, 2.05) is 18.2 Å². The molecule has 120 valence electrons. The number of hydrogen-bond acceptors (Lipinski definition) is 3. The van der Waals surface area contributed by atoms with Crippen LogP contribution in [0.1, 0.15) is 15.9 Å². The molecule has 0 radical (unpaired) electrons. The molecule has 0 aliphatic rings. The second-order valence-corrected chi connectivity index (χ2v) is 7.99. The number of benzene rings is 2. The Kier molecular flexibility index (Phi) is 3.91. The highest BCUT2D eigenvalue weighted by Gasteiger charge is 2.14. The lowest BCUT2D eigenvalue weighted by Crippen LogP contribution is -2.21. The van der Waals surface area contributed by atoms with Crippen molar-refractivity contribution >= 4 is 53.7 Å². The molecule has 0 fully saturated rings. The number of primary amides is 1. The van der Waals surface area contributed by atoms with Gasteiger partial charge in [-0.05, 0) is 23.8 Å². The lowest BCUT2D eigenvalue weighted by molar-refractivity contribution is 0.100. The number of halogens is 1. The minimum absolute atomic E-state index is 0.202. The fourth-order valence-corrected chi connectivity index (χ4v) is 3.52. The van der Waals surface area contributed by atoms with Gasteiger partial charge in [0.1, 0.15) is 0 Å². The summed E-state index contributed by atoms with van der Waals surface area (Å²) in [6.45, 7) is 0.202. The molecule has 0 atom stereocenters. The number of aromatic nitrogens is 1. The quantitative estimate of drug-likeness (QED) is 0.630. The van der Waals surface area contributed by atoms with Crippen LogP contribution in [0.2, 0.25) is 0 Å². The van der Waals surface area contributed by atoms with Gasteiger partial charge in [-0.1, -0.05) is 28.1 Å². The molecule has 3 rings (SSSR count). The van der Waals surface area contributed by atoms with Gasteiger partial charge < -0.3 is 10.7 Å². The Morgan fingerprint density at radius 3 is 2.70 bits per heavy atom. The van der Waals surface area contributed by atoms with Crippen molar-refractivity contribution < 1.29 is 13.2 Å². The minimum Gasteiger partial charge on any atom is -0.366 e. The maximum absolute atomic E-state index is 11.6. The van der Waals surface area contributed by atoms with Crippen molar-refractivity contribution in [1.82, 2.24) is 9.71 Å². The van der Waals surface area contributed by atoms with E-state index in [0.29, 0.717) is 11.1 Å². The molecule has 0 spiro atoms. The van der Waals surface area contributed by atoms with E-state index in [1.165, 1.54) is 0 Å². The van der Waals surface area contributed by atoms with E-state index in [0.717, 1.165) is 32.6 Å². The Hall–Kier alpha value is -1.90. The highest BCUT2D eigenvalue weighted by molar-refractivity contribution is 9.10. The molecule has 1 aromatic heterocycles. The van der Waals surface area contributed by atoms with Gasteiger partial charge in [0.05, 0.1) is 17.3 Å².